The molecule has 1 aliphatic heterocycles. The average molecular weight is 495 g/mol. The zero-order valence-corrected chi connectivity index (χ0v) is 21.1. The molecular formula is C30H30N4O3. The maximum absolute atomic E-state index is 13.1. The van der Waals surface area contributed by atoms with Gasteiger partial charge in [-0.3, -0.25) is 14.4 Å². The number of fused-ring (bicyclic) bond motifs is 2. The van der Waals surface area contributed by atoms with Crippen molar-refractivity contribution < 1.29 is 9.59 Å². The highest BCUT2D eigenvalue weighted by atomic mass is 16.2. The van der Waals surface area contributed by atoms with Gasteiger partial charge < -0.3 is 10.2 Å². The first-order chi connectivity index (χ1) is 17.9. The highest BCUT2D eigenvalue weighted by Gasteiger charge is 2.29. The van der Waals surface area contributed by atoms with Gasteiger partial charge >= 0.3 is 0 Å². The van der Waals surface area contributed by atoms with Crippen molar-refractivity contribution in [3.8, 4) is 0 Å². The van der Waals surface area contributed by atoms with Gasteiger partial charge in [-0.25, -0.2) is 4.68 Å². The molecule has 0 aliphatic carbocycles. The SMILES string of the molecule is CC(C)n1nc(CC(=O)NC[C@@H](CN2Cc3ccccc3C2=O)c2ccccc2)c2ccccc2c1=O. The molecule has 7 nitrogen and oxygen atoms in total. The van der Waals surface area contributed by atoms with Gasteiger partial charge in [0.25, 0.3) is 11.5 Å². The maximum atomic E-state index is 13.1. The number of aromatic nitrogens is 2. The molecule has 1 N–H and O–H groups in total. The zero-order chi connectivity index (χ0) is 25.9. The maximum Gasteiger partial charge on any atom is 0.274 e. The molecule has 2 heterocycles. The van der Waals surface area contributed by atoms with E-state index in [0.717, 1.165) is 16.7 Å². The van der Waals surface area contributed by atoms with Crippen LogP contribution < -0.4 is 10.9 Å². The molecule has 0 saturated heterocycles. The normalized spacial score (nSPS) is 13.7. The molecule has 3 aromatic carbocycles. The van der Waals surface area contributed by atoms with Crippen molar-refractivity contribution in [2.24, 2.45) is 0 Å². The highest BCUT2D eigenvalue weighted by Crippen LogP contribution is 2.26. The summed E-state index contributed by atoms with van der Waals surface area (Å²) >= 11 is 0. The number of nitrogens with zero attached hydrogens (tertiary/aromatic N) is 3. The van der Waals surface area contributed by atoms with E-state index in [9.17, 15) is 14.4 Å². The smallest absolute Gasteiger partial charge is 0.274 e. The monoisotopic (exact) mass is 494 g/mol. The van der Waals surface area contributed by atoms with Crippen LogP contribution >= 0.6 is 0 Å². The first kappa shape index (κ1) is 24.4. The van der Waals surface area contributed by atoms with Gasteiger partial charge in [-0.1, -0.05) is 66.7 Å². The number of carbonyl (C=O) groups excluding carboxylic acids is 2. The predicted octanol–water partition coefficient (Wildman–Crippen LogP) is 4.08. The molecule has 0 fully saturated rings. The third-order valence-corrected chi connectivity index (χ3v) is 6.88. The molecule has 1 aromatic heterocycles. The lowest BCUT2D eigenvalue weighted by Crippen LogP contribution is -2.37. The summed E-state index contributed by atoms with van der Waals surface area (Å²) in [6, 6.07) is 24.8. The van der Waals surface area contributed by atoms with E-state index in [1.807, 2.05) is 91.5 Å². The number of carbonyl (C=O) groups is 2. The lowest BCUT2D eigenvalue weighted by atomic mass is 9.98. The van der Waals surface area contributed by atoms with Crippen molar-refractivity contribution in [1.82, 2.24) is 20.0 Å². The second-order valence-electron chi connectivity index (χ2n) is 9.77. The van der Waals surface area contributed by atoms with Crippen molar-refractivity contribution in [3.63, 3.8) is 0 Å². The molecule has 188 valence electrons. The molecule has 2 amide bonds. The summed E-state index contributed by atoms with van der Waals surface area (Å²) in [6.07, 6.45) is 0.0586. The predicted molar refractivity (Wildman–Crippen MR) is 143 cm³/mol. The van der Waals surface area contributed by atoms with E-state index in [1.54, 1.807) is 6.07 Å². The molecule has 0 bridgehead atoms. The van der Waals surface area contributed by atoms with E-state index in [4.69, 9.17) is 0 Å². The van der Waals surface area contributed by atoms with E-state index in [0.29, 0.717) is 36.1 Å². The first-order valence-electron chi connectivity index (χ1n) is 12.6. The summed E-state index contributed by atoms with van der Waals surface area (Å²) in [6.45, 7) is 5.24. The molecule has 0 saturated carbocycles. The van der Waals surface area contributed by atoms with Crippen LogP contribution in [0.15, 0.2) is 83.7 Å². The first-order valence-corrected chi connectivity index (χ1v) is 12.6. The van der Waals surface area contributed by atoms with E-state index < -0.39 is 0 Å². The van der Waals surface area contributed by atoms with E-state index in [-0.39, 0.29) is 35.8 Å². The zero-order valence-electron chi connectivity index (χ0n) is 21.1. The van der Waals surface area contributed by atoms with Gasteiger partial charge in [-0.05, 0) is 37.1 Å². The summed E-state index contributed by atoms with van der Waals surface area (Å²) in [7, 11) is 0. The van der Waals surface area contributed by atoms with Gasteiger partial charge in [0, 0.05) is 36.5 Å². The Kier molecular flexibility index (Phi) is 6.86. The minimum Gasteiger partial charge on any atom is -0.355 e. The molecular weight excluding hydrogens is 464 g/mol. The van der Waals surface area contributed by atoms with Crippen LogP contribution in [0.4, 0.5) is 0 Å². The summed E-state index contributed by atoms with van der Waals surface area (Å²) in [4.78, 5) is 40.8. The second kappa shape index (κ2) is 10.4. The Balaban J connectivity index is 1.34. The number of rotatable bonds is 8. The quantitative estimate of drug-likeness (QED) is 0.400. The van der Waals surface area contributed by atoms with E-state index >= 15 is 0 Å². The van der Waals surface area contributed by atoms with Gasteiger partial charge in [-0.15, -0.1) is 0 Å². The van der Waals surface area contributed by atoms with Gasteiger partial charge in [0.15, 0.2) is 0 Å². The van der Waals surface area contributed by atoms with Crippen molar-refractivity contribution in [2.75, 3.05) is 13.1 Å². The van der Waals surface area contributed by atoms with Crippen LogP contribution in [0.5, 0.6) is 0 Å². The Labute approximate surface area is 215 Å². The molecule has 37 heavy (non-hydrogen) atoms. The van der Waals surface area contributed by atoms with Gasteiger partial charge in [0.1, 0.15) is 0 Å². The Morgan fingerprint density at radius 3 is 2.32 bits per heavy atom. The van der Waals surface area contributed by atoms with Gasteiger partial charge in [0.05, 0.1) is 23.5 Å². The van der Waals surface area contributed by atoms with Crippen LogP contribution in [0.25, 0.3) is 10.8 Å². The Hall–Kier alpha value is -4.26. The lowest BCUT2D eigenvalue weighted by molar-refractivity contribution is -0.120. The number of nitrogens with one attached hydrogen (secondary N) is 1. The van der Waals surface area contributed by atoms with E-state index in [2.05, 4.69) is 10.4 Å². The number of amides is 2. The molecule has 0 spiro atoms. The summed E-state index contributed by atoms with van der Waals surface area (Å²) < 4.78 is 1.44. The standard InChI is InChI=1S/C30H30N4O3/c1-20(2)34-30(37)26-15-9-8-14-25(26)27(32-34)16-28(35)31-17-23(21-10-4-3-5-11-21)19-33-18-22-12-6-7-13-24(22)29(33)36/h3-15,20,23H,16-19H2,1-2H3,(H,31,35)/t23-/m0/s1. The summed E-state index contributed by atoms with van der Waals surface area (Å²) in [5.41, 5.74) is 3.25. The minimum absolute atomic E-state index is 0.0227. The third-order valence-electron chi connectivity index (χ3n) is 6.88. The molecule has 0 unspecified atom stereocenters. The second-order valence-corrected chi connectivity index (χ2v) is 9.77. The van der Waals surface area contributed by atoms with Crippen LogP contribution in [0.1, 0.15) is 53.0 Å². The average Bonchev–Trinajstić information content (AvgIpc) is 3.23. The fourth-order valence-electron chi connectivity index (χ4n) is 4.95. The van der Waals surface area contributed by atoms with Gasteiger partial charge in [0.2, 0.25) is 5.91 Å². The minimum atomic E-state index is -0.177. The number of benzene rings is 3. The van der Waals surface area contributed by atoms with Crippen molar-refractivity contribution >= 4 is 22.6 Å². The Morgan fingerprint density at radius 2 is 1.59 bits per heavy atom. The third kappa shape index (κ3) is 5.03. The highest BCUT2D eigenvalue weighted by molar-refractivity contribution is 5.98. The number of hydrogen-bond donors (Lipinski definition) is 1. The van der Waals surface area contributed by atoms with Crippen LogP contribution in [-0.2, 0) is 17.8 Å². The van der Waals surface area contributed by atoms with Crippen molar-refractivity contribution in [1.29, 1.82) is 0 Å². The Morgan fingerprint density at radius 1 is 0.919 bits per heavy atom. The fourth-order valence-corrected chi connectivity index (χ4v) is 4.95. The van der Waals surface area contributed by atoms with Crippen LogP contribution in [0.2, 0.25) is 0 Å². The molecule has 1 aliphatic rings. The van der Waals surface area contributed by atoms with Crippen LogP contribution in [0.3, 0.4) is 0 Å². The lowest BCUT2D eigenvalue weighted by Gasteiger charge is -2.24. The molecule has 5 rings (SSSR count). The summed E-state index contributed by atoms with van der Waals surface area (Å²) in [5, 5.41) is 8.85. The van der Waals surface area contributed by atoms with Crippen LogP contribution in [-0.4, -0.2) is 39.6 Å². The van der Waals surface area contributed by atoms with Crippen molar-refractivity contribution in [3.05, 3.63) is 112 Å². The topological polar surface area (TPSA) is 84.3 Å². The molecule has 1 atom stereocenters. The van der Waals surface area contributed by atoms with Crippen LogP contribution in [0, 0.1) is 0 Å². The van der Waals surface area contributed by atoms with Crippen molar-refractivity contribution in [2.45, 2.75) is 38.8 Å². The van der Waals surface area contributed by atoms with Gasteiger partial charge in [-0.2, -0.15) is 5.10 Å². The number of hydrogen-bond acceptors (Lipinski definition) is 4. The Bertz CT molecular complexity index is 1510. The molecule has 4 aromatic rings. The fraction of sp³-hybridized carbons (Fsp3) is 0.267. The molecule has 0 radical (unpaired) electrons. The summed E-state index contributed by atoms with van der Waals surface area (Å²) in [5.74, 6) is -0.226. The largest absolute Gasteiger partial charge is 0.355 e. The molecule has 7 heteroatoms. The van der Waals surface area contributed by atoms with E-state index in [1.165, 1.54) is 4.68 Å².